The first kappa shape index (κ1) is 17.1. The molecule has 27 heavy (non-hydrogen) atoms. The number of hydrogen-bond donors (Lipinski definition) is 2. The fourth-order valence-corrected chi connectivity index (χ4v) is 3.42. The SMILES string of the molecule is Cc1cc(CC(C)n2cnc(-c3ccccc3)c2-c2cccc(O)c2)n[nH]1. The van der Waals surface area contributed by atoms with Gasteiger partial charge in [0.05, 0.1) is 23.4 Å². The second-order valence-corrected chi connectivity index (χ2v) is 6.86. The van der Waals surface area contributed by atoms with Crippen molar-refractivity contribution >= 4 is 0 Å². The van der Waals surface area contributed by atoms with Gasteiger partial charge in [-0.1, -0.05) is 42.5 Å². The number of benzene rings is 2. The fraction of sp³-hybridized carbons (Fsp3) is 0.182. The molecule has 2 N–H and O–H groups in total. The highest BCUT2D eigenvalue weighted by Crippen LogP contribution is 2.35. The Balaban J connectivity index is 1.80. The van der Waals surface area contributed by atoms with Gasteiger partial charge in [-0.2, -0.15) is 5.10 Å². The number of nitrogens with zero attached hydrogens (tertiary/aromatic N) is 3. The molecule has 0 aliphatic heterocycles. The molecule has 0 saturated heterocycles. The highest BCUT2D eigenvalue weighted by molar-refractivity contribution is 5.79. The summed E-state index contributed by atoms with van der Waals surface area (Å²) in [6, 6.07) is 19.7. The third-order valence-electron chi connectivity index (χ3n) is 4.70. The number of hydrogen-bond acceptors (Lipinski definition) is 3. The molecule has 5 heteroatoms. The number of phenolic OH excluding ortho intramolecular Hbond substituents is 1. The summed E-state index contributed by atoms with van der Waals surface area (Å²) < 4.78 is 2.17. The topological polar surface area (TPSA) is 66.7 Å². The maximum Gasteiger partial charge on any atom is 0.116 e. The van der Waals surface area contributed by atoms with Crippen LogP contribution in [0.3, 0.4) is 0 Å². The van der Waals surface area contributed by atoms with Crippen LogP contribution in [0.1, 0.15) is 24.4 Å². The number of aryl methyl sites for hydroxylation is 1. The zero-order valence-electron chi connectivity index (χ0n) is 15.4. The first-order valence-electron chi connectivity index (χ1n) is 9.04. The molecule has 0 amide bonds. The molecule has 4 rings (SSSR count). The molecule has 136 valence electrons. The Morgan fingerprint density at radius 1 is 1.04 bits per heavy atom. The van der Waals surface area contributed by atoms with E-state index in [0.29, 0.717) is 0 Å². The van der Waals surface area contributed by atoms with Gasteiger partial charge in [0.2, 0.25) is 0 Å². The largest absolute Gasteiger partial charge is 0.508 e. The minimum atomic E-state index is 0.162. The van der Waals surface area contributed by atoms with Gasteiger partial charge in [0.25, 0.3) is 0 Å². The second kappa shape index (κ2) is 7.11. The van der Waals surface area contributed by atoms with E-state index < -0.39 is 0 Å². The van der Waals surface area contributed by atoms with Crippen LogP contribution in [0.5, 0.6) is 5.75 Å². The lowest BCUT2D eigenvalue weighted by Crippen LogP contribution is -2.09. The number of rotatable bonds is 5. The standard InChI is InChI=1S/C22H22N4O/c1-15-11-19(25-24-15)12-16(2)26-14-23-21(17-7-4-3-5-8-17)22(26)18-9-6-10-20(27)13-18/h3-11,13-14,16,27H,12H2,1-2H3,(H,24,25). The summed E-state index contributed by atoms with van der Waals surface area (Å²) >= 11 is 0. The van der Waals surface area contributed by atoms with Crippen LogP contribution >= 0.6 is 0 Å². The van der Waals surface area contributed by atoms with Gasteiger partial charge < -0.3 is 9.67 Å². The third-order valence-corrected chi connectivity index (χ3v) is 4.70. The summed E-state index contributed by atoms with van der Waals surface area (Å²) in [5, 5.41) is 17.4. The van der Waals surface area contributed by atoms with Crippen molar-refractivity contribution in [2.24, 2.45) is 0 Å². The summed E-state index contributed by atoms with van der Waals surface area (Å²) in [7, 11) is 0. The van der Waals surface area contributed by atoms with Crippen molar-refractivity contribution < 1.29 is 5.11 Å². The molecule has 0 fully saturated rings. The van der Waals surface area contributed by atoms with E-state index >= 15 is 0 Å². The fourth-order valence-electron chi connectivity index (χ4n) is 3.42. The maximum atomic E-state index is 10.00. The van der Waals surface area contributed by atoms with E-state index in [9.17, 15) is 5.11 Å². The molecule has 0 spiro atoms. The highest BCUT2D eigenvalue weighted by Gasteiger charge is 2.19. The molecule has 0 bridgehead atoms. The number of nitrogens with one attached hydrogen (secondary N) is 1. The Kier molecular flexibility index (Phi) is 4.50. The molecule has 2 aromatic heterocycles. The van der Waals surface area contributed by atoms with E-state index in [0.717, 1.165) is 40.3 Å². The van der Waals surface area contributed by atoms with Crippen LogP contribution in [0, 0.1) is 6.92 Å². The van der Waals surface area contributed by atoms with E-state index in [1.807, 2.05) is 43.6 Å². The van der Waals surface area contributed by atoms with Crippen LogP contribution in [-0.2, 0) is 6.42 Å². The van der Waals surface area contributed by atoms with Crippen LogP contribution in [0.15, 0.2) is 67.0 Å². The lowest BCUT2D eigenvalue weighted by molar-refractivity contribution is 0.475. The predicted octanol–water partition coefficient (Wildman–Crippen LogP) is 4.76. The van der Waals surface area contributed by atoms with E-state index in [1.54, 1.807) is 12.1 Å². The molecule has 0 radical (unpaired) electrons. The van der Waals surface area contributed by atoms with Gasteiger partial charge in [0, 0.05) is 29.3 Å². The van der Waals surface area contributed by atoms with Gasteiger partial charge >= 0.3 is 0 Å². The Hall–Kier alpha value is -3.34. The zero-order chi connectivity index (χ0) is 18.8. The molecule has 0 saturated carbocycles. The molecule has 0 aliphatic rings. The molecular weight excluding hydrogens is 336 g/mol. The van der Waals surface area contributed by atoms with Crippen molar-refractivity contribution in [1.29, 1.82) is 0 Å². The molecule has 2 heterocycles. The van der Waals surface area contributed by atoms with Crippen LogP contribution in [0.2, 0.25) is 0 Å². The van der Waals surface area contributed by atoms with Crippen LogP contribution in [0.25, 0.3) is 22.5 Å². The van der Waals surface area contributed by atoms with Crippen molar-refractivity contribution in [1.82, 2.24) is 19.7 Å². The predicted molar refractivity (Wildman–Crippen MR) is 107 cm³/mol. The first-order chi connectivity index (χ1) is 13.1. The summed E-state index contributed by atoms with van der Waals surface area (Å²) in [6.07, 6.45) is 2.67. The monoisotopic (exact) mass is 358 g/mol. The third kappa shape index (κ3) is 3.49. The van der Waals surface area contributed by atoms with Gasteiger partial charge in [-0.3, -0.25) is 5.10 Å². The molecule has 1 unspecified atom stereocenters. The van der Waals surface area contributed by atoms with Gasteiger partial charge in [-0.05, 0) is 32.0 Å². The smallest absolute Gasteiger partial charge is 0.116 e. The van der Waals surface area contributed by atoms with Crippen LogP contribution in [-0.4, -0.2) is 24.9 Å². The number of phenols is 1. The van der Waals surface area contributed by atoms with Crippen molar-refractivity contribution in [3.05, 3.63) is 78.4 Å². The molecule has 1 atom stereocenters. The molecule has 0 aliphatic carbocycles. The summed E-state index contributed by atoms with van der Waals surface area (Å²) in [5.41, 5.74) is 5.98. The van der Waals surface area contributed by atoms with Gasteiger partial charge in [0.1, 0.15) is 5.75 Å². The molecule has 2 aromatic carbocycles. The Morgan fingerprint density at radius 2 is 1.81 bits per heavy atom. The first-order valence-corrected chi connectivity index (χ1v) is 9.04. The van der Waals surface area contributed by atoms with Crippen LogP contribution in [0.4, 0.5) is 0 Å². The summed E-state index contributed by atoms with van der Waals surface area (Å²) in [6.45, 7) is 4.16. The van der Waals surface area contributed by atoms with E-state index in [4.69, 9.17) is 4.98 Å². The average molecular weight is 358 g/mol. The summed E-state index contributed by atoms with van der Waals surface area (Å²) in [5.74, 6) is 0.245. The second-order valence-electron chi connectivity index (χ2n) is 6.86. The van der Waals surface area contributed by atoms with Gasteiger partial charge in [0.15, 0.2) is 0 Å². The number of imidazole rings is 1. The van der Waals surface area contributed by atoms with Crippen LogP contribution < -0.4 is 0 Å². The minimum absolute atomic E-state index is 0.162. The van der Waals surface area contributed by atoms with Gasteiger partial charge in [-0.15, -0.1) is 0 Å². The normalized spacial score (nSPS) is 12.2. The highest BCUT2D eigenvalue weighted by atomic mass is 16.3. The Labute approximate surface area is 158 Å². The van der Waals surface area contributed by atoms with E-state index in [-0.39, 0.29) is 11.8 Å². The maximum absolute atomic E-state index is 10.00. The summed E-state index contributed by atoms with van der Waals surface area (Å²) in [4.78, 5) is 4.71. The quantitative estimate of drug-likeness (QED) is 0.541. The van der Waals surface area contributed by atoms with E-state index in [2.05, 4.69) is 39.9 Å². The minimum Gasteiger partial charge on any atom is -0.508 e. The van der Waals surface area contributed by atoms with Crippen molar-refractivity contribution in [3.8, 4) is 28.3 Å². The number of aromatic nitrogens is 4. The van der Waals surface area contributed by atoms with E-state index in [1.165, 1.54) is 0 Å². The number of aromatic hydroxyl groups is 1. The molecule has 4 aromatic rings. The molecular formula is C22H22N4O. The van der Waals surface area contributed by atoms with Gasteiger partial charge in [-0.25, -0.2) is 4.98 Å². The lowest BCUT2D eigenvalue weighted by atomic mass is 10.0. The van der Waals surface area contributed by atoms with Crippen molar-refractivity contribution in [2.75, 3.05) is 0 Å². The zero-order valence-corrected chi connectivity index (χ0v) is 15.4. The Bertz CT molecular complexity index is 1050. The number of H-pyrrole nitrogens is 1. The number of aromatic amines is 1. The lowest BCUT2D eigenvalue weighted by Gasteiger charge is -2.17. The van der Waals surface area contributed by atoms with Crippen molar-refractivity contribution in [3.63, 3.8) is 0 Å². The Morgan fingerprint density at radius 3 is 2.52 bits per heavy atom. The average Bonchev–Trinajstić information content (AvgIpc) is 3.29. The van der Waals surface area contributed by atoms with Crippen molar-refractivity contribution in [2.45, 2.75) is 26.3 Å². The molecule has 5 nitrogen and oxygen atoms in total.